The van der Waals surface area contributed by atoms with Crippen molar-refractivity contribution in [3.8, 4) is 0 Å². The standard InChI is InChI=1S/C8H8BrN3/c9-6-4-12-8-7(6)5(3-10)1-2-11-8/h1-2,4H,3,10H2,(H,11,12). The fourth-order valence-corrected chi connectivity index (χ4v) is 1.81. The quantitative estimate of drug-likeness (QED) is 0.778. The molecule has 0 fully saturated rings. The fraction of sp³-hybridized carbons (Fsp3) is 0.125. The summed E-state index contributed by atoms with van der Waals surface area (Å²) < 4.78 is 1.02. The molecule has 2 aromatic rings. The van der Waals surface area contributed by atoms with Gasteiger partial charge in [-0.05, 0) is 27.6 Å². The summed E-state index contributed by atoms with van der Waals surface area (Å²) in [5, 5.41) is 1.08. The molecule has 0 aliphatic heterocycles. The molecule has 0 saturated carbocycles. The van der Waals surface area contributed by atoms with E-state index in [4.69, 9.17) is 5.73 Å². The number of pyridine rings is 1. The summed E-state index contributed by atoms with van der Waals surface area (Å²) in [5.41, 5.74) is 7.57. The van der Waals surface area contributed by atoms with E-state index < -0.39 is 0 Å². The third kappa shape index (κ3) is 1.04. The van der Waals surface area contributed by atoms with Crippen LogP contribution in [0.1, 0.15) is 5.56 Å². The number of aromatic nitrogens is 2. The number of nitrogens with two attached hydrogens (primary N) is 1. The summed E-state index contributed by atoms with van der Waals surface area (Å²) >= 11 is 3.43. The van der Waals surface area contributed by atoms with E-state index in [2.05, 4.69) is 25.9 Å². The van der Waals surface area contributed by atoms with Crippen LogP contribution in [-0.4, -0.2) is 9.97 Å². The first-order valence-electron chi connectivity index (χ1n) is 3.63. The highest BCUT2D eigenvalue weighted by molar-refractivity contribution is 9.10. The maximum absolute atomic E-state index is 5.58. The Labute approximate surface area is 78.1 Å². The molecule has 0 amide bonds. The molecule has 0 atom stereocenters. The fourth-order valence-electron chi connectivity index (χ4n) is 1.25. The third-order valence-corrected chi connectivity index (χ3v) is 2.46. The Bertz CT molecular complexity index is 408. The number of fused-ring (bicyclic) bond motifs is 1. The molecule has 0 saturated heterocycles. The van der Waals surface area contributed by atoms with Crippen LogP contribution in [0.3, 0.4) is 0 Å². The Balaban J connectivity index is 2.84. The van der Waals surface area contributed by atoms with Gasteiger partial charge < -0.3 is 10.7 Å². The van der Waals surface area contributed by atoms with Crippen molar-refractivity contribution in [2.75, 3.05) is 0 Å². The zero-order valence-electron chi connectivity index (χ0n) is 6.34. The van der Waals surface area contributed by atoms with Gasteiger partial charge in [-0.1, -0.05) is 0 Å². The van der Waals surface area contributed by atoms with Crippen LogP contribution in [-0.2, 0) is 6.54 Å². The molecule has 4 heteroatoms. The molecular weight excluding hydrogens is 218 g/mol. The van der Waals surface area contributed by atoms with Gasteiger partial charge in [-0.25, -0.2) is 4.98 Å². The largest absolute Gasteiger partial charge is 0.345 e. The molecule has 0 aromatic carbocycles. The van der Waals surface area contributed by atoms with E-state index in [1.165, 1.54) is 0 Å². The molecule has 3 N–H and O–H groups in total. The van der Waals surface area contributed by atoms with Crippen LogP contribution >= 0.6 is 15.9 Å². The summed E-state index contributed by atoms with van der Waals surface area (Å²) in [6.07, 6.45) is 3.63. The Morgan fingerprint density at radius 1 is 1.58 bits per heavy atom. The van der Waals surface area contributed by atoms with Crippen LogP contribution in [0.15, 0.2) is 22.9 Å². The van der Waals surface area contributed by atoms with E-state index in [0.717, 1.165) is 21.1 Å². The smallest absolute Gasteiger partial charge is 0.138 e. The second kappa shape index (κ2) is 2.88. The Kier molecular flexibility index (Phi) is 1.86. The number of rotatable bonds is 1. The molecular formula is C8H8BrN3. The Hall–Kier alpha value is -0.870. The van der Waals surface area contributed by atoms with E-state index in [1.54, 1.807) is 6.20 Å². The number of halogens is 1. The van der Waals surface area contributed by atoms with Gasteiger partial charge in [0, 0.05) is 28.8 Å². The molecule has 0 aliphatic rings. The van der Waals surface area contributed by atoms with Crippen LogP contribution in [0, 0.1) is 0 Å². The molecule has 62 valence electrons. The lowest BCUT2D eigenvalue weighted by molar-refractivity contribution is 1.08. The van der Waals surface area contributed by atoms with E-state index in [0.29, 0.717) is 6.54 Å². The van der Waals surface area contributed by atoms with Crippen molar-refractivity contribution in [3.63, 3.8) is 0 Å². The second-order valence-electron chi connectivity index (χ2n) is 2.53. The number of nitrogens with zero attached hydrogens (tertiary/aromatic N) is 1. The summed E-state index contributed by atoms with van der Waals surface area (Å²) in [6, 6.07) is 1.93. The number of H-pyrrole nitrogens is 1. The molecule has 0 bridgehead atoms. The molecule has 2 rings (SSSR count). The molecule has 2 heterocycles. The first kappa shape index (κ1) is 7.76. The molecule has 0 aliphatic carbocycles. The van der Waals surface area contributed by atoms with Gasteiger partial charge in [-0.3, -0.25) is 0 Å². The van der Waals surface area contributed by atoms with Crippen LogP contribution in [0.4, 0.5) is 0 Å². The topological polar surface area (TPSA) is 54.7 Å². The summed E-state index contributed by atoms with van der Waals surface area (Å²) in [4.78, 5) is 7.22. The van der Waals surface area contributed by atoms with Crippen LogP contribution < -0.4 is 5.73 Å². The summed E-state index contributed by atoms with van der Waals surface area (Å²) in [6.45, 7) is 0.537. The minimum Gasteiger partial charge on any atom is -0.345 e. The van der Waals surface area contributed by atoms with Gasteiger partial charge in [0.2, 0.25) is 0 Å². The predicted molar refractivity (Wildman–Crippen MR) is 51.7 cm³/mol. The highest BCUT2D eigenvalue weighted by Crippen LogP contribution is 2.24. The zero-order valence-corrected chi connectivity index (χ0v) is 7.93. The van der Waals surface area contributed by atoms with Gasteiger partial charge in [-0.15, -0.1) is 0 Å². The molecule has 3 nitrogen and oxygen atoms in total. The van der Waals surface area contributed by atoms with Crippen molar-refractivity contribution in [1.82, 2.24) is 9.97 Å². The first-order chi connectivity index (χ1) is 5.83. The minimum atomic E-state index is 0.537. The highest BCUT2D eigenvalue weighted by atomic mass is 79.9. The van der Waals surface area contributed by atoms with Gasteiger partial charge in [-0.2, -0.15) is 0 Å². The Morgan fingerprint density at radius 3 is 3.17 bits per heavy atom. The van der Waals surface area contributed by atoms with Gasteiger partial charge in [0.25, 0.3) is 0 Å². The van der Waals surface area contributed by atoms with Gasteiger partial charge >= 0.3 is 0 Å². The van der Waals surface area contributed by atoms with Crippen LogP contribution in [0.2, 0.25) is 0 Å². The Morgan fingerprint density at radius 2 is 2.42 bits per heavy atom. The average molecular weight is 226 g/mol. The highest BCUT2D eigenvalue weighted by Gasteiger charge is 2.05. The summed E-state index contributed by atoms with van der Waals surface area (Å²) in [7, 11) is 0. The normalized spacial score (nSPS) is 10.8. The molecule has 0 unspecified atom stereocenters. The lowest BCUT2D eigenvalue weighted by Gasteiger charge is -1.97. The van der Waals surface area contributed by atoms with Crippen LogP contribution in [0.25, 0.3) is 11.0 Å². The zero-order chi connectivity index (χ0) is 8.55. The summed E-state index contributed by atoms with van der Waals surface area (Å²) in [5.74, 6) is 0. The lowest BCUT2D eigenvalue weighted by Crippen LogP contribution is -1.97. The number of aromatic amines is 1. The SMILES string of the molecule is NCc1ccnc2[nH]cc(Br)c12. The van der Waals surface area contributed by atoms with Crippen molar-refractivity contribution in [2.24, 2.45) is 5.73 Å². The predicted octanol–water partition coefficient (Wildman–Crippen LogP) is 1.78. The second-order valence-corrected chi connectivity index (χ2v) is 3.39. The van der Waals surface area contributed by atoms with Gasteiger partial charge in [0.15, 0.2) is 0 Å². The van der Waals surface area contributed by atoms with Gasteiger partial charge in [0.1, 0.15) is 5.65 Å². The molecule has 0 radical (unpaired) electrons. The third-order valence-electron chi connectivity index (χ3n) is 1.83. The van der Waals surface area contributed by atoms with Crippen molar-refractivity contribution in [2.45, 2.75) is 6.54 Å². The van der Waals surface area contributed by atoms with Crippen molar-refractivity contribution >= 4 is 27.0 Å². The number of nitrogens with one attached hydrogen (secondary N) is 1. The van der Waals surface area contributed by atoms with Gasteiger partial charge in [0.05, 0.1) is 0 Å². The van der Waals surface area contributed by atoms with Crippen molar-refractivity contribution in [3.05, 3.63) is 28.5 Å². The van der Waals surface area contributed by atoms with Crippen molar-refractivity contribution < 1.29 is 0 Å². The number of hydrogen-bond acceptors (Lipinski definition) is 2. The average Bonchev–Trinajstić information content (AvgIpc) is 2.48. The number of hydrogen-bond donors (Lipinski definition) is 2. The van der Waals surface area contributed by atoms with E-state index in [-0.39, 0.29) is 0 Å². The molecule has 0 spiro atoms. The van der Waals surface area contributed by atoms with Crippen LogP contribution in [0.5, 0.6) is 0 Å². The van der Waals surface area contributed by atoms with E-state index >= 15 is 0 Å². The monoisotopic (exact) mass is 225 g/mol. The first-order valence-corrected chi connectivity index (χ1v) is 4.42. The maximum atomic E-state index is 5.58. The maximum Gasteiger partial charge on any atom is 0.138 e. The van der Waals surface area contributed by atoms with E-state index in [9.17, 15) is 0 Å². The van der Waals surface area contributed by atoms with E-state index in [1.807, 2.05) is 12.3 Å². The minimum absolute atomic E-state index is 0.537. The molecule has 2 aromatic heterocycles. The van der Waals surface area contributed by atoms with Crippen molar-refractivity contribution in [1.29, 1.82) is 0 Å². The lowest BCUT2D eigenvalue weighted by atomic mass is 10.2. The molecule has 12 heavy (non-hydrogen) atoms.